The van der Waals surface area contributed by atoms with Gasteiger partial charge in [-0.05, 0) is 47.0 Å². The zero-order valence-electron chi connectivity index (χ0n) is 13.0. The zero-order valence-corrected chi connectivity index (χ0v) is 13.0. The summed E-state index contributed by atoms with van der Waals surface area (Å²) < 4.78 is 0. The predicted molar refractivity (Wildman–Crippen MR) is 77.8 cm³/mol. The third-order valence-electron chi connectivity index (χ3n) is 3.36. The molecule has 120 valence electrons. The van der Waals surface area contributed by atoms with Gasteiger partial charge in [0.15, 0.2) is 0 Å². The molecule has 0 spiro atoms. The molecule has 21 heavy (non-hydrogen) atoms. The minimum absolute atomic E-state index is 0.149. The van der Waals surface area contributed by atoms with E-state index in [0.717, 1.165) is 0 Å². The number of carbonyl (C=O) groups excluding carboxylic acids is 2. The zero-order chi connectivity index (χ0) is 16.2. The highest BCUT2D eigenvalue weighted by Crippen LogP contribution is 2.25. The van der Waals surface area contributed by atoms with Crippen molar-refractivity contribution < 1.29 is 19.5 Å². The molecule has 0 radical (unpaired) electrons. The first-order valence-corrected chi connectivity index (χ1v) is 7.20. The lowest BCUT2D eigenvalue weighted by atomic mass is 10.1. The summed E-state index contributed by atoms with van der Waals surface area (Å²) in [6.07, 6.45) is 1.65. The quantitative estimate of drug-likeness (QED) is 0.617. The van der Waals surface area contributed by atoms with E-state index >= 15 is 0 Å². The molecule has 0 aromatic rings. The first kappa shape index (κ1) is 17.3. The van der Waals surface area contributed by atoms with Crippen LogP contribution in [0.5, 0.6) is 0 Å². The third kappa shape index (κ3) is 6.01. The van der Waals surface area contributed by atoms with E-state index in [-0.39, 0.29) is 17.5 Å². The Morgan fingerprint density at radius 1 is 1.19 bits per heavy atom. The van der Waals surface area contributed by atoms with Crippen LogP contribution in [-0.2, 0) is 9.59 Å². The van der Waals surface area contributed by atoms with Gasteiger partial charge in [-0.1, -0.05) is 0 Å². The second-order valence-corrected chi connectivity index (χ2v) is 6.62. The van der Waals surface area contributed by atoms with E-state index in [1.165, 1.54) is 0 Å². The lowest BCUT2D eigenvalue weighted by Crippen LogP contribution is -2.53. The minimum Gasteiger partial charge on any atom is -0.481 e. The van der Waals surface area contributed by atoms with Gasteiger partial charge in [-0.2, -0.15) is 0 Å². The van der Waals surface area contributed by atoms with Crippen molar-refractivity contribution in [3.63, 3.8) is 0 Å². The summed E-state index contributed by atoms with van der Waals surface area (Å²) in [5.41, 5.74) is -0.357. The van der Waals surface area contributed by atoms with Crippen LogP contribution in [0.3, 0.4) is 0 Å². The Kier molecular flexibility index (Phi) is 5.57. The average molecular weight is 299 g/mol. The normalized spacial score (nSPS) is 23.2. The number of carbonyl (C=O) groups is 3. The molecule has 4 N–H and O–H groups in total. The molecular formula is C14H25N3O4. The van der Waals surface area contributed by atoms with E-state index in [2.05, 4.69) is 16.0 Å². The molecule has 0 aromatic heterocycles. The van der Waals surface area contributed by atoms with Crippen LogP contribution in [-0.4, -0.2) is 40.6 Å². The number of carboxylic acid groups (broad SMARTS) is 1. The number of amides is 3. The van der Waals surface area contributed by atoms with Crippen LogP contribution in [0, 0.1) is 5.92 Å². The van der Waals surface area contributed by atoms with Crippen LogP contribution in [0.15, 0.2) is 0 Å². The molecule has 1 rings (SSSR count). The largest absolute Gasteiger partial charge is 0.481 e. The Morgan fingerprint density at radius 3 is 2.29 bits per heavy atom. The monoisotopic (exact) mass is 299 g/mol. The molecule has 3 amide bonds. The molecule has 1 fully saturated rings. The van der Waals surface area contributed by atoms with Gasteiger partial charge in [0.25, 0.3) is 0 Å². The Morgan fingerprint density at radius 2 is 1.81 bits per heavy atom. The van der Waals surface area contributed by atoms with Crippen LogP contribution >= 0.6 is 0 Å². The number of urea groups is 1. The highest BCUT2D eigenvalue weighted by atomic mass is 16.4. The van der Waals surface area contributed by atoms with Gasteiger partial charge in [-0.3, -0.25) is 9.59 Å². The van der Waals surface area contributed by atoms with Crippen molar-refractivity contribution >= 4 is 17.9 Å². The predicted octanol–water partition coefficient (Wildman–Crippen LogP) is 0.842. The molecular weight excluding hydrogens is 274 g/mol. The Bertz CT molecular complexity index is 417. The van der Waals surface area contributed by atoms with Gasteiger partial charge in [-0.25, -0.2) is 4.79 Å². The third-order valence-corrected chi connectivity index (χ3v) is 3.36. The maximum Gasteiger partial charge on any atom is 0.315 e. The molecule has 1 aliphatic rings. The Hall–Kier alpha value is -1.79. The lowest BCUT2D eigenvalue weighted by Gasteiger charge is -2.24. The molecule has 7 heteroatoms. The number of hydrogen-bond acceptors (Lipinski definition) is 3. The van der Waals surface area contributed by atoms with Crippen molar-refractivity contribution in [1.29, 1.82) is 0 Å². The molecule has 0 bridgehead atoms. The first-order valence-electron chi connectivity index (χ1n) is 7.20. The van der Waals surface area contributed by atoms with Gasteiger partial charge >= 0.3 is 12.0 Å². The van der Waals surface area contributed by atoms with Gasteiger partial charge in [0.2, 0.25) is 5.91 Å². The molecule has 0 aliphatic heterocycles. The van der Waals surface area contributed by atoms with E-state index < -0.39 is 24.0 Å². The van der Waals surface area contributed by atoms with Crippen LogP contribution in [0.2, 0.25) is 0 Å². The van der Waals surface area contributed by atoms with E-state index in [4.69, 9.17) is 5.11 Å². The summed E-state index contributed by atoms with van der Waals surface area (Å²) in [7, 11) is 0. The summed E-state index contributed by atoms with van der Waals surface area (Å²) >= 11 is 0. The summed E-state index contributed by atoms with van der Waals surface area (Å²) in [4.78, 5) is 34.5. The molecule has 1 aliphatic carbocycles. The fourth-order valence-corrected chi connectivity index (χ4v) is 2.30. The van der Waals surface area contributed by atoms with Crippen molar-refractivity contribution in [2.24, 2.45) is 5.92 Å². The summed E-state index contributed by atoms with van der Waals surface area (Å²) in [5.74, 6) is -1.47. The van der Waals surface area contributed by atoms with Gasteiger partial charge in [0, 0.05) is 11.6 Å². The van der Waals surface area contributed by atoms with Gasteiger partial charge in [0.05, 0.1) is 5.92 Å². The van der Waals surface area contributed by atoms with Crippen molar-refractivity contribution in [2.45, 2.75) is 64.6 Å². The average Bonchev–Trinajstić information content (AvgIpc) is 2.74. The van der Waals surface area contributed by atoms with Crippen molar-refractivity contribution in [2.75, 3.05) is 0 Å². The SMILES string of the molecule is CC(NC(=O)N[C@H]1CC[C@@H](C(=O)O)C1)C(=O)NC(C)(C)C. The summed E-state index contributed by atoms with van der Waals surface area (Å²) in [6, 6.07) is -1.24. The highest BCUT2D eigenvalue weighted by molar-refractivity contribution is 5.87. The molecule has 1 saturated carbocycles. The Labute approximate surface area is 124 Å². The number of aliphatic carboxylic acids is 1. The van der Waals surface area contributed by atoms with Crippen LogP contribution < -0.4 is 16.0 Å². The van der Waals surface area contributed by atoms with Crippen molar-refractivity contribution in [3.8, 4) is 0 Å². The van der Waals surface area contributed by atoms with E-state index in [9.17, 15) is 14.4 Å². The molecule has 0 aromatic carbocycles. The van der Waals surface area contributed by atoms with E-state index in [1.807, 2.05) is 20.8 Å². The second-order valence-electron chi connectivity index (χ2n) is 6.62. The standard InChI is InChI=1S/C14H25N3O4/c1-8(11(18)17-14(2,3)4)15-13(21)16-10-6-5-9(7-10)12(19)20/h8-10H,5-7H2,1-4H3,(H,17,18)(H,19,20)(H2,15,16,21)/t8?,9-,10+/m1/s1. The van der Waals surface area contributed by atoms with Crippen molar-refractivity contribution in [1.82, 2.24) is 16.0 Å². The molecule has 3 atom stereocenters. The van der Waals surface area contributed by atoms with Gasteiger partial charge < -0.3 is 21.1 Å². The Balaban J connectivity index is 2.37. The second kappa shape index (κ2) is 6.78. The maximum atomic E-state index is 11.8. The van der Waals surface area contributed by atoms with E-state index in [1.54, 1.807) is 6.92 Å². The van der Waals surface area contributed by atoms with Crippen LogP contribution in [0.25, 0.3) is 0 Å². The smallest absolute Gasteiger partial charge is 0.315 e. The van der Waals surface area contributed by atoms with Crippen LogP contribution in [0.4, 0.5) is 4.79 Å². The van der Waals surface area contributed by atoms with Crippen LogP contribution in [0.1, 0.15) is 47.0 Å². The molecule has 0 heterocycles. The molecule has 0 saturated heterocycles. The highest BCUT2D eigenvalue weighted by Gasteiger charge is 2.31. The summed E-state index contributed by atoms with van der Waals surface area (Å²) in [5, 5.41) is 17.0. The maximum absolute atomic E-state index is 11.8. The summed E-state index contributed by atoms with van der Waals surface area (Å²) in [6.45, 7) is 7.20. The molecule has 7 nitrogen and oxygen atoms in total. The fourth-order valence-electron chi connectivity index (χ4n) is 2.30. The fraction of sp³-hybridized carbons (Fsp3) is 0.786. The van der Waals surface area contributed by atoms with Gasteiger partial charge in [0.1, 0.15) is 6.04 Å². The number of rotatable bonds is 4. The van der Waals surface area contributed by atoms with E-state index in [0.29, 0.717) is 19.3 Å². The molecule has 1 unspecified atom stereocenters. The first-order chi connectivity index (χ1) is 9.58. The van der Waals surface area contributed by atoms with Crippen molar-refractivity contribution in [3.05, 3.63) is 0 Å². The number of carboxylic acids is 1. The van der Waals surface area contributed by atoms with Gasteiger partial charge in [-0.15, -0.1) is 0 Å². The topological polar surface area (TPSA) is 108 Å². The number of hydrogen-bond donors (Lipinski definition) is 4. The lowest BCUT2D eigenvalue weighted by molar-refractivity contribution is -0.141. The number of nitrogens with one attached hydrogen (secondary N) is 3. The minimum atomic E-state index is -0.822.